The third-order valence-corrected chi connectivity index (χ3v) is 4.54. The number of rotatable bonds is 8. The maximum Gasteiger partial charge on any atom is 0.339 e. The second kappa shape index (κ2) is 10.6. The van der Waals surface area contributed by atoms with E-state index in [1.807, 2.05) is 13.0 Å². The van der Waals surface area contributed by atoms with E-state index in [-0.39, 0.29) is 35.9 Å². The van der Waals surface area contributed by atoms with Gasteiger partial charge in [-0.2, -0.15) is 5.26 Å². The van der Waals surface area contributed by atoms with Crippen molar-refractivity contribution in [2.24, 2.45) is 0 Å². The van der Waals surface area contributed by atoms with Crippen LogP contribution in [0.5, 0.6) is 0 Å². The molecule has 0 atom stereocenters. The molecule has 0 aliphatic heterocycles. The van der Waals surface area contributed by atoms with Gasteiger partial charge in [0.15, 0.2) is 0 Å². The molecule has 30 heavy (non-hydrogen) atoms. The van der Waals surface area contributed by atoms with Crippen molar-refractivity contribution in [2.45, 2.75) is 33.4 Å². The summed E-state index contributed by atoms with van der Waals surface area (Å²) in [5.74, 6) is -1.09. The minimum Gasteiger partial charge on any atom is -0.462 e. The Bertz CT molecular complexity index is 1060. The largest absolute Gasteiger partial charge is 0.462 e. The number of aromatic nitrogens is 1. The lowest BCUT2D eigenvalue weighted by molar-refractivity contribution is -0.116. The molecule has 0 aliphatic rings. The summed E-state index contributed by atoms with van der Waals surface area (Å²) in [7, 11) is 1.47. The molecule has 0 saturated heterocycles. The number of ether oxygens (including phenoxy) is 2. The van der Waals surface area contributed by atoms with Gasteiger partial charge in [0.1, 0.15) is 18.2 Å². The number of carbonyl (C=O) groups excluding carboxylic acids is 2. The number of pyridine rings is 1. The van der Waals surface area contributed by atoms with Gasteiger partial charge in [0.2, 0.25) is 5.91 Å². The van der Waals surface area contributed by atoms with Crippen molar-refractivity contribution in [3.63, 3.8) is 0 Å². The molecule has 1 amide bonds. The summed E-state index contributed by atoms with van der Waals surface area (Å²) in [6.45, 7) is 3.61. The number of methoxy groups -OCH3 is 1. The van der Waals surface area contributed by atoms with E-state index >= 15 is 0 Å². The monoisotopic (exact) mass is 431 g/mol. The number of hydrogen-bond acceptors (Lipinski definition) is 6. The number of benzene rings is 1. The zero-order chi connectivity index (χ0) is 22.3. The van der Waals surface area contributed by atoms with Crippen LogP contribution in [-0.4, -0.2) is 30.2 Å². The highest BCUT2D eigenvalue weighted by Crippen LogP contribution is 2.22. The summed E-state index contributed by atoms with van der Waals surface area (Å²) < 4.78 is 11.3. The summed E-state index contributed by atoms with van der Waals surface area (Å²) >= 11 is 6.05. The number of nitrogens with zero attached hydrogens (tertiary/aromatic N) is 2. The van der Waals surface area contributed by atoms with Crippen LogP contribution in [0, 0.1) is 18.3 Å². The molecule has 1 aromatic heterocycles. The van der Waals surface area contributed by atoms with Crippen LogP contribution in [0.2, 0.25) is 5.02 Å². The normalized spacial score (nSPS) is 10.4. The Morgan fingerprint density at radius 1 is 1.30 bits per heavy atom. The average Bonchev–Trinajstić information content (AvgIpc) is 2.71. The van der Waals surface area contributed by atoms with E-state index in [1.54, 1.807) is 13.0 Å². The second-order valence-electron chi connectivity index (χ2n) is 6.50. The molecule has 9 heteroatoms. The van der Waals surface area contributed by atoms with E-state index in [0.29, 0.717) is 23.4 Å². The Kier molecular flexibility index (Phi) is 8.16. The van der Waals surface area contributed by atoms with Gasteiger partial charge in [-0.3, -0.25) is 9.59 Å². The number of anilines is 1. The fraction of sp³-hybridized carbons (Fsp3) is 0.333. The topological polar surface area (TPSA) is 110 Å². The van der Waals surface area contributed by atoms with Crippen LogP contribution >= 0.6 is 11.6 Å². The minimum atomic E-state index is -0.586. The maximum absolute atomic E-state index is 12.6. The first kappa shape index (κ1) is 23.1. The Balaban J connectivity index is 2.24. The molecule has 0 spiro atoms. The molecule has 1 heterocycles. The standard InChI is InChI=1S/C21H22ClN3O5/c1-4-7-30-21(28)16-9-15(5-6-18(16)22)24-19(26)11-25-13(2)8-14(12-29-3)17(10-23)20(25)27/h5-6,8-9H,4,7,11-12H2,1-3H3,(H,24,26). The summed E-state index contributed by atoms with van der Waals surface area (Å²) in [6.07, 6.45) is 0.668. The Hall–Kier alpha value is -3.15. The number of halogens is 1. The molecular weight excluding hydrogens is 410 g/mol. The van der Waals surface area contributed by atoms with E-state index in [2.05, 4.69) is 5.32 Å². The number of esters is 1. The van der Waals surface area contributed by atoms with Crippen LogP contribution in [0.25, 0.3) is 0 Å². The SMILES string of the molecule is CCCOC(=O)c1cc(NC(=O)Cn2c(C)cc(COC)c(C#N)c2=O)ccc1Cl. The number of amides is 1. The van der Waals surface area contributed by atoms with Crippen molar-refractivity contribution < 1.29 is 19.1 Å². The van der Waals surface area contributed by atoms with Crippen molar-refractivity contribution in [1.82, 2.24) is 4.57 Å². The van der Waals surface area contributed by atoms with E-state index in [4.69, 9.17) is 21.1 Å². The van der Waals surface area contributed by atoms with Crippen molar-refractivity contribution in [3.8, 4) is 6.07 Å². The fourth-order valence-corrected chi connectivity index (χ4v) is 2.99. The molecule has 1 N–H and O–H groups in total. The van der Waals surface area contributed by atoms with Crippen LogP contribution in [0.15, 0.2) is 29.1 Å². The van der Waals surface area contributed by atoms with Crippen molar-refractivity contribution >= 4 is 29.2 Å². The number of nitrogens with one attached hydrogen (secondary N) is 1. The van der Waals surface area contributed by atoms with E-state index < -0.39 is 17.4 Å². The quantitative estimate of drug-likeness (QED) is 0.643. The minimum absolute atomic E-state index is 0.0669. The first-order valence-electron chi connectivity index (χ1n) is 9.21. The summed E-state index contributed by atoms with van der Waals surface area (Å²) in [4.78, 5) is 37.2. The molecule has 0 bridgehead atoms. The lowest BCUT2D eigenvalue weighted by Gasteiger charge is -2.14. The van der Waals surface area contributed by atoms with Gasteiger partial charge in [-0.05, 0) is 37.6 Å². The first-order valence-corrected chi connectivity index (χ1v) is 9.59. The van der Waals surface area contributed by atoms with Crippen LogP contribution in [0.1, 0.15) is 40.5 Å². The lowest BCUT2D eigenvalue weighted by atomic mass is 10.1. The predicted molar refractivity (Wildman–Crippen MR) is 112 cm³/mol. The third-order valence-electron chi connectivity index (χ3n) is 4.21. The fourth-order valence-electron chi connectivity index (χ4n) is 2.80. The van der Waals surface area contributed by atoms with Crippen molar-refractivity contribution in [3.05, 3.63) is 62.0 Å². The molecule has 8 nitrogen and oxygen atoms in total. The van der Waals surface area contributed by atoms with Gasteiger partial charge in [0.05, 0.1) is 23.8 Å². The van der Waals surface area contributed by atoms with Gasteiger partial charge >= 0.3 is 5.97 Å². The van der Waals surface area contributed by atoms with E-state index in [9.17, 15) is 19.6 Å². The Labute approximate surface area is 179 Å². The Morgan fingerprint density at radius 2 is 2.03 bits per heavy atom. The molecular formula is C21H22ClN3O5. The molecule has 158 valence electrons. The summed E-state index contributed by atoms with van der Waals surface area (Å²) in [6, 6.07) is 7.94. The first-order chi connectivity index (χ1) is 14.3. The third kappa shape index (κ3) is 5.47. The number of hydrogen-bond donors (Lipinski definition) is 1. The highest BCUT2D eigenvalue weighted by molar-refractivity contribution is 6.33. The molecule has 0 radical (unpaired) electrons. The molecule has 1 aromatic carbocycles. The van der Waals surface area contributed by atoms with Crippen LogP contribution < -0.4 is 10.9 Å². The molecule has 0 fully saturated rings. The van der Waals surface area contributed by atoms with Gasteiger partial charge in [-0.1, -0.05) is 18.5 Å². The maximum atomic E-state index is 12.6. The molecule has 2 rings (SSSR count). The number of nitriles is 1. The van der Waals surface area contributed by atoms with E-state index in [0.717, 1.165) is 0 Å². The predicted octanol–water partition coefficient (Wildman–Crippen LogP) is 3.03. The highest BCUT2D eigenvalue weighted by atomic mass is 35.5. The zero-order valence-electron chi connectivity index (χ0n) is 17.0. The molecule has 0 aliphatic carbocycles. The van der Waals surface area contributed by atoms with Gasteiger partial charge in [-0.25, -0.2) is 4.79 Å². The van der Waals surface area contributed by atoms with Gasteiger partial charge < -0.3 is 19.4 Å². The highest BCUT2D eigenvalue weighted by Gasteiger charge is 2.17. The van der Waals surface area contributed by atoms with Gasteiger partial charge in [0, 0.05) is 24.1 Å². The second-order valence-corrected chi connectivity index (χ2v) is 6.91. The Morgan fingerprint density at radius 3 is 2.67 bits per heavy atom. The van der Waals surface area contributed by atoms with Crippen LogP contribution in [-0.2, 0) is 27.4 Å². The smallest absolute Gasteiger partial charge is 0.339 e. The van der Waals surface area contributed by atoms with Crippen molar-refractivity contribution in [1.29, 1.82) is 5.26 Å². The zero-order valence-corrected chi connectivity index (χ0v) is 17.7. The van der Waals surface area contributed by atoms with E-state index in [1.165, 1.54) is 29.9 Å². The number of carbonyl (C=O) groups is 2. The molecule has 2 aromatic rings. The lowest BCUT2D eigenvalue weighted by Crippen LogP contribution is -2.31. The molecule has 0 saturated carbocycles. The van der Waals surface area contributed by atoms with Crippen LogP contribution in [0.4, 0.5) is 5.69 Å². The number of aryl methyl sites for hydroxylation is 1. The average molecular weight is 432 g/mol. The summed E-state index contributed by atoms with van der Waals surface area (Å²) in [5.41, 5.74) is 0.803. The van der Waals surface area contributed by atoms with Gasteiger partial charge in [-0.15, -0.1) is 0 Å². The summed E-state index contributed by atoms with van der Waals surface area (Å²) in [5, 5.41) is 12.1. The van der Waals surface area contributed by atoms with Gasteiger partial charge in [0.25, 0.3) is 5.56 Å². The molecule has 0 unspecified atom stereocenters. The van der Waals surface area contributed by atoms with Crippen LogP contribution in [0.3, 0.4) is 0 Å². The van der Waals surface area contributed by atoms with Crippen molar-refractivity contribution in [2.75, 3.05) is 19.0 Å².